The molecule has 0 atom stereocenters. The van der Waals surface area contributed by atoms with Crippen LogP contribution in [0.15, 0.2) is 16.9 Å². The van der Waals surface area contributed by atoms with Crippen molar-refractivity contribution in [2.75, 3.05) is 0 Å². The molecule has 0 bridgehead atoms. The molecule has 0 saturated heterocycles. The zero-order valence-electron chi connectivity index (χ0n) is 8.24. The Morgan fingerprint density at radius 3 is 2.88 bits per heavy atom. The van der Waals surface area contributed by atoms with Crippen molar-refractivity contribution < 1.29 is 9.12 Å². The molecule has 0 spiro atoms. The first-order valence-corrected chi connectivity index (χ1v) is 4.41. The first-order valence-electron chi connectivity index (χ1n) is 4.41. The number of nitrogens with zero attached hydrogens (tertiary/aromatic N) is 2. The average Bonchev–Trinajstić information content (AvgIpc) is 2.25. The van der Waals surface area contributed by atoms with Gasteiger partial charge in [0.2, 0.25) is 5.52 Å². The molecular formula is C10H6FN3O2. The van der Waals surface area contributed by atoms with Crippen molar-refractivity contribution in [3.05, 3.63) is 44.8 Å². The minimum Gasteiger partial charge on any atom is -0.617 e. The molecule has 0 amide bonds. The number of halogens is 1. The van der Waals surface area contributed by atoms with E-state index >= 15 is 0 Å². The molecular weight excluding hydrogens is 213 g/mol. The lowest BCUT2D eigenvalue weighted by Crippen LogP contribution is -2.39. The first kappa shape index (κ1) is 10.1. The number of aryl methyl sites for hydroxylation is 1. The molecule has 0 aliphatic rings. The van der Waals surface area contributed by atoms with Crippen LogP contribution >= 0.6 is 0 Å². The van der Waals surface area contributed by atoms with Crippen LogP contribution < -0.4 is 10.3 Å². The van der Waals surface area contributed by atoms with Gasteiger partial charge < -0.3 is 10.2 Å². The maximum atomic E-state index is 13.2. The Kier molecular flexibility index (Phi) is 2.09. The zero-order chi connectivity index (χ0) is 11.9. The summed E-state index contributed by atoms with van der Waals surface area (Å²) in [6.07, 6.45) is 0. The molecule has 5 nitrogen and oxygen atoms in total. The number of rotatable bonds is 0. The molecule has 1 aromatic heterocycles. The van der Waals surface area contributed by atoms with E-state index in [1.54, 1.807) is 0 Å². The third kappa shape index (κ3) is 1.22. The van der Waals surface area contributed by atoms with Crippen molar-refractivity contribution in [1.82, 2.24) is 4.98 Å². The van der Waals surface area contributed by atoms with Gasteiger partial charge in [0, 0.05) is 11.6 Å². The van der Waals surface area contributed by atoms with Crippen LogP contribution in [0.4, 0.5) is 4.39 Å². The second-order valence-electron chi connectivity index (χ2n) is 3.28. The van der Waals surface area contributed by atoms with Crippen molar-refractivity contribution in [3.63, 3.8) is 0 Å². The van der Waals surface area contributed by atoms with Crippen LogP contribution in [0.3, 0.4) is 0 Å². The Morgan fingerprint density at radius 1 is 1.56 bits per heavy atom. The molecule has 0 aliphatic heterocycles. The van der Waals surface area contributed by atoms with Gasteiger partial charge in [-0.3, -0.25) is 4.79 Å². The first-order chi connectivity index (χ1) is 7.56. The second kappa shape index (κ2) is 3.31. The normalized spacial score (nSPS) is 10.3. The van der Waals surface area contributed by atoms with E-state index in [0.29, 0.717) is 0 Å². The summed E-state index contributed by atoms with van der Waals surface area (Å²) in [4.78, 5) is 13.6. The number of aromatic nitrogens is 2. The van der Waals surface area contributed by atoms with Crippen molar-refractivity contribution >= 4 is 11.0 Å². The highest BCUT2D eigenvalue weighted by atomic mass is 19.1. The molecule has 0 saturated carbocycles. The fourth-order valence-electron chi connectivity index (χ4n) is 1.48. The summed E-state index contributed by atoms with van der Waals surface area (Å²) >= 11 is 0. The summed E-state index contributed by atoms with van der Waals surface area (Å²) in [6.45, 7) is 1.44. The van der Waals surface area contributed by atoms with Crippen LogP contribution in [0.2, 0.25) is 0 Å². The number of hydrogen-bond acceptors (Lipinski definition) is 3. The van der Waals surface area contributed by atoms with Gasteiger partial charge in [-0.05, 0) is 13.0 Å². The molecule has 6 heteroatoms. The lowest BCUT2D eigenvalue weighted by molar-refractivity contribution is -0.581. The van der Waals surface area contributed by atoms with Crippen LogP contribution in [0.5, 0.6) is 0 Å². The predicted octanol–water partition coefficient (Wildman–Crippen LogP) is 0.481. The van der Waals surface area contributed by atoms with Crippen LogP contribution in [-0.4, -0.2) is 4.98 Å². The number of nitrogens with one attached hydrogen (secondary N) is 1. The standard InChI is InChI=1S/C10H6FN3O2/c1-5-6(11)2-3-7-9(5)13-10(15)8(4-12)14(7)16/h2-3H,1H3,(H,13,15). The fraction of sp³-hybridized carbons (Fsp3) is 0.100. The number of fused-ring (bicyclic) bond motifs is 1. The summed E-state index contributed by atoms with van der Waals surface area (Å²) in [6, 6.07) is 3.84. The van der Waals surface area contributed by atoms with Gasteiger partial charge in [0.15, 0.2) is 6.07 Å². The number of nitriles is 1. The molecule has 2 rings (SSSR count). The van der Waals surface area contributed by atoms with E-state index in [0.717, 1.165) is 6.07 Å². The van der Waals surface area contributed by atoms with Gasteiger partial charge in [0.25, 0.3) is 0 Å². The van der Waals surface area contributed by atoms with Crippen molar-refractivity contribution in [1.29, 1.82) is 5.26 Å². The SMILES string of the molecule is Cc1c(F)ccc2c1[nH]c(=O)c(C#N)[n+]2[O-]. The highest BCUT2D eigenvalue weighted by molar-refractivity contribution is 5.75. The molecule has 16 heavy (non-hydrogen) atoms. The second-order valence-corrected chi connectivity index (χ2v) is 3.28. The number of benzene rings is 1. The molecule has 0 radical (unpaired) electrons. The minimum absolute atomic E-state index is 0.0649. The summed E-state index contributed by atoms with van der Waals surface area (Å²) in [5.74, 6) is -0.521. The minimum atomic E-state index is -0.821. The molecule has 1 aromatic carbocycles. The Hall–Kier alpha value is -2.42. The molecule has 1 N–H and O–H groups in total. The Morgan fingerprint density at radius 2 is 2.25 bits per heavy atom. The summed E-state index contributed by atoms with van der Waals surface area (Å²) < 4.78 is 13.4. The number of hydrogen-bond donors (Lipinski definition) is 1. The molecule has 0 aliphatic carbocycles. The van der Waals surface area contributed by atoms with Gasteiger partial charge in [-0.1, -0.05) is 0 Å². The van der Waals surface area contributed by atoms with Crippen molar-refractivity contribution in [2.24, 2.45) is 0 Å². The predicted molar refractivity (Wildman–Crippen MR) is 52.9 cm³/mol. The van der Waals surface area contributed by atoms with E-state index in [9.17, 15) is 14.4 Å². The van der Waals surface area contributed by atoms with Gasteiger partial charge in [0.1, 0.15) is 11.3 Å². The molecule has 0 fully saturated rings. The lowest BCUT2D eigenvalue weighted by Gasteiger charge is -2.04. The van der Waals surface area contributed by atoms with E-state index in [-0.39, 0.29) is 21.3 Å². The summed E-state index contributed by atoms with van der Waals surface area (Å²) in [7, 11) is 0. The van der Waals surface area contributed by atoms with Gasteiger partial charge in [0.05, 0.1) is 0 Å². The summed E-state index contributed by atoms with van der Waals surface area (Å²) in [5, 5.41) is 20.2. The van der Waals surface area contributed by atoms with Crippen molar-refractivity contribution in [2.45, 2.75) is 6.92 Å². The zero-order valence-corrected chi connectivity index (χ0v) is 8.24. The van der Waals surface area contributed by atoms with E-state index in [4.69, 9.17) is 5.26 Å². The van der Waals surface area contributed by atoms with E-state index < -0.39 is 17.1 Å². The van der Waals surface area contributed by atoms with E-state index in [2.05, 4.69) is 4.98 Å². The Labute approximate surface area is 89.0 Å². The van der Waals surface area contributed by atoms with Crippen LogP contribution in [0.25, 0.3) is 11.0 Å². The highest BCUT2D eigenvalue weighted by Crippen LogP contribution is 2.14. The Bertz CT molecular complexity index is 685. The third-order valence-corrected chi connectivity index (χ3v) is 2.36. The van der Waals surface area contributed by atoms with Gasteiger partial charge in [-0.25, -0.2) is 4.39 Å². The van der Waals surface area contributed by atoms with Crippen LogP contribution in [-0.2, 0) is 0 Å². The number of aromatic amines is 1. The van der Waals surface area contributed by atoms with Crippen molar-refractivity contribution in [3.8, 4) is 6.07 Å². The molecule has 80 valence electrons. The summed E-state index contributed by atoms with van der Waals surface area (Å²) in [5.41, 5.74) is -1.03. The van der Waals surface area contributed by atoms with Crippen LogP contribution in [0, 0.1) is 29.3 Å². The van der Waals surface area contributed by atoms with E-state index in [1.165, 1.54) is 19.1 Å². The topological polar surface area (TPSA) is 83.6 Å². The highest BCUT2D eigenvalue weighted by Gasteiger charge is 2.17. The quantitative estimate of drug-likeness (QED) is 0.516. The number of H-pyrrole nitrogens is 1. The maximum absolute atomic E-state index is 13.2. The average molecular weight is 219 g/mol. The Balaban J connectivity index is 3.06. The lowest BCUT2D eigenvalue weighted by atomic mass is 10.2. The van der Waals surface area contributed by atoms with Gasteiger partial charge >= 0.3 is 11.3 Å². The van der Waals surface area contributed by atoms with Gasteiger partial charge in [-0.15, -0.1) is 4.73 Å². The van der Waals surface area contributed by atoms with Crippen LogP contribution in [0.1, 0.15) is 11.3 Å². The van der Waals surface area contributed by atoms with Gasteiger partial charge in [-0.2, -0.15) is 5.26 Å². The smallest absolute Gasteiger partial charge is 0.360 e. The largest absolute Gasteiger partial charge is 0.617 e. The molecule has 2 aromatic rings. The maximum Gasteiger partial charge on any atom is 0.360 e. The molecule has 1 heterocycles. The fourth-order valence-corrected chi connectivity index (χ4v) is 1.48. The van der Waals surface area contributed by atoms with E-state index in [1.807, 2.05) is 0 Å². The third-order valence-electron chi connectivity index (χ3n) is 2.36. The molecule has 0 unspecified atom stereocenters. The monoisotopic (exact) mass is 219 g/mol.